The highest BCUT2D eigenvalue weighted by atomic mass is 16.3. The van der Waals surface area contributed by atoms with E-state index in [9.17, 15) is 9.59 Å². The number of aliphatic hydroxyl groups is 1. The van der Waals surface area contributed by atoms with Gasteiger partial charge < -0.3 is 15.7 Å². The summed E-state index contributed by atoms with van der Waals surface area (Å²) < 4.78 is 0. The third-order valence-electron chi connectivity index (χ3n) is 4.56. The summed E-state index contributed by atoms with van der Waals surface area (Å²) in [6.07, 6.45) is 3.40. The Balaban J connectivity index is 1.92. The van der Waals surface area contributed by atoms with Crippen LogP contribution in [-0.4, -0.2) is 29.6 Å². The van der Waals surface area contributed by atoms with E-state index in [1.807, 2.05) is 32.9 Å². The largest absolute Gasteiger partial charge is 0.396 e. The van der Waals surface area contributed by atoms with E-state index in [-0.39, 0.29) is 12.6 Å². The summed E-state index contributed by atoms with van der Waals surface area (Å²) in [7, 11) is 0. The normalized spacial score (nSPS) is 20.9. The van der Waals surface area contributed by atoms with Gasteiger partial charge in [0, 0.05) is 18.3 Å². The number of carbonyl (C=O) groups excluding carboxylic acids is 2. The molecule has 3 N–H and O–H groups in total. The fourth-order valence-electron chi connectivity index (χ4n) is 3.29. The first-order valence-corrected chi connectivity index (χ1v) is 8.21. The smallest absolute Gasteiger partial charge is 0.313 e. The topological polar surface area (TPSA) is 78.4 Å². The zero-order chi connectivity index (χ0) is 17.0. The SMILES string of the molecule is Cc1cc(C)c(NC(=O)C(=O)NC2CCC(CO)CC2)c(C)c1. The summed E-state index contributed by atoms with van der Waals surface area (Å²) >= 11 is 0. The van der Waals surface area contributed by atoms with Gasteiger partial charge in [-0.2, -0.15) is 0 Å². The highest BCUT2D eigenvalue weighted by Gasteiger charge is 2.24. The number of aryl methyl sites for hydroxylation is 3. The average molecular weight is 318 g/mol. The van der Waals surface area contributed by atoms with E-state index in [0.717, 1.165) is 42.4 Å². The van der Waals surface area contributed by atoms with Gasteiger partial charge in [-0.15, -0.1) is 0 Å². The Hall–Kier alpha value is -1.88. The third kappa shape index (κ3) is 4.55. The average Bonchev–Trinajstić information content (AvgIpc) is 2.51. The molecule has 2 amide bonds. The fourth-order valence-corrected chi connectivity index (χ4v) is 3.29. The van der Waals surface area contributed by atoms with E-state index in [2.05, 4.69) is 10.6 Å². The van der Waals surface area contributed by atoms with E-state index >= 15 is 0 Å². The van der Waals surface area contributed by atoms with Crippen molar-refractivity contribution in [2.24, 2.45) is 5.92 Å². The highest BCUT2D eigenvalue weighted by Crippen LogP contribution is 2.24. The van der Waals surface area contributed by atoms with Crippen molar-refractivity contribution < 1.29 is 14.7 Å². The van der Waals surface area contributed by atoms with Crippen LogP contribution in [0.2, 0.25) is 0 Å². The second-order valence-electron chi connectivity index (χ2n) is 6.60. The summed E-state index contributed by atoms with van der Waals surface area (Å²) in [5, 5.41) is 14.7. The maximum absolute atomic E-state index is 12.1. The van der Waals surface area contributed by atoms with Crippen LogP contribution in [0.25, 0.3) is 0 Å². The van der Waals surface area contributed by atoms with Crippen LogP contribution < -0.4 is 10.6 Å². The number of benzene rings is 1. The number of amides is 2. The standard InChI is InChI=1S/C18H26N2O3/c1-11-8-12(2)16(13(3)9-11)20-18(23)17(22)19-15-6-4-14(10-21)5-7-15/h8-9,14-15,21H,4-7,10H2,1-3H3,(H,19,22)(H,20,23). The van der Waals surface area contributed by atoms with Gasteiger partial charge in [-0.25, -0.2) is 0 Å². The molecule has 0 unspecified atom stereocenters. The van der Waals surface area contributed by atoms with E-state index in [0.29, 0.717) is 11.6 Å². The molecule has 0 heterocycles. The molecule has 0 aromatic heterocycles. The summed E-state index contributed by atoms with van der Waals surface area (Å²) in [5.41, 5.74) is 3.74. The number of nitrogens with one attached hydrogen (secondary N) is 2. The van der Waals surface area contributed by atoms with Crippen LogP contribution in [0.1, 0.15) is 42.4 Å². The second-order valence-corrected chi connectivity index (χ2v) is 6.60. The Morgan fingerprint density at radius 3 is 2.13 bits per heavy atom. The minimum atomic E-state index is -0.621. The van der Waals surface area contributed by atoms with Crippen molar-refractivity contribution in [1.29, 1.82) is 0 Å². The Morgan fingerprint density at radius 2 is 1.61 bits per heavy atom. The van der Waals surface area contributed by atoms with Crippen LogP contribution in [0.5, 0.6) is 0 Å². The summed E-state index contributed by atoms with van der Waals surface area (Å²) in [6, 6.07) is 3.99. The molecule has 126 valence electrons. The van der Waals surface area contributed by atoms with E-state index in [4.69, 9.17) is 5.11 Å². The van der Waals surface area contributed by atoms with Crippen molar-refractivity contribution in [3.63, 3.8) is 0 Å². The van der Waals surface area contributed by atoms with E-state index in [1.165, 1.54) is 0 Å². The first kappa shape index (κ1) is 17.5. The van der Waals surface area contributed by atoms with Gasteiger partial charge in [-0.05, 0) is 63.5 Å². The molecule has 0 radical (unpaired) electrons. The molecule has 5 heteroatoms. The molecule has 1 fully saturated rings. The zero-order valence-corrected chi connectivity index (χ0v) is 14.1. The maximum Gasteiger partial charge on any atom is 0.313 e. The molecule has 0 aliphatic heterocycles. The predicted octanol–water partition coefficient (Wildman–Crippen LogP) is 2.22. The van der Waals surface area contributed by atoms with Crippen molar-refractivity contribution in [2.75, 3.05) is 11.9 Å². The van der Waals surface area contributed by atoms with Gasteiger partial charge in [0.2, 0.25) is 0 Å². The summed E-state index contributed by atoms with van der Waals surface area (Å²) in [5.74, 6) is -0.879. The molecule has 1 aromatic carbocycles. The Bertz CT molecular complexity index is 567. The zero-order valence-electron chi connectivity index (χ0n) is 14.1. The van der Waals surface area contributed by atoms with Crippen LogP contribution in [0, 0.1) is 26.7 Å². The maximum atomic E-state index is 12.1. The van der Waals surface area contributed by atoms with Crippen molar-refractivity contribution in [2.45, 2.75) is 52.5 Å². The van der Waals surface area contributed by atoms with E-state index in [1.54, 1.807) is 0 Å². The number of hydrogen-bond acceptors (Lipinski definition) is 3. The molecular formula is C18H26N2O3. The van der Waals surface area contributed by atoms with Crippen LogP contribution >= 0.6 is 0 Å². The minimum Gasteiger partial charge on any atom is -0.396 e. The lowest BCUT2D eigenvalue weighted by Crippen LogP contribution is -2.43. The predicted molar refractivity (Wildman–Crippen MR) is 90.3 cm³/mol. The molecule has 2 rings (SSSR count). The van der Waals surface area contributed by atoms with Crippen LogP contribution in [0.15, 0.2) is 12.1 Å². The highest BCUT2D eigenvalue weighted by molar-refractivity contribution is 6.39. The van der Waals surface area contributed by atoms with E-state index < -0.39 is 11.8 Å². The second kappa shape index (κ2) is 7.59. The number of hydrogen-bond donors (Lipinski definition) is 3. The minimum absolute atomic E-state index is 0.0243. The first-order valence-electron chi connectivity index (χ1n) is 8.21. The van der Waals surface area contributed by atoms with Crippen molar-refractivity contribution in [3.8, 4) is 0 Å². The molecule has 5 nitrogen and oxygen atoms in total. The number of aliphatic hydroxyl groups excluding tert-OH is 1. The Kier molecular flexibility index (Phi) is 5.77. The van der Waals surface area contributed by atoms with Crippen LogP contribution in [-0.2, 0) is 9.59 Å². The lowest BCUT2D eigenvalue weighted by atomic mass is 9.86. The van der Waals surface area contributed by atoms with Crippen molar-refractivity contribution in [3.05, 3.63) is 28.8 Å². The molecule has 1 aliphatic carbocycles. The molecular weight excluding hydrogens is 292 g/mol. The number of anilines is 1. The van der Waals surface area contributed by atoms with Gasteiger partial charge in [-0.3, -0.25) is 9.59 Å². The molecule has 23 heavy (non-hydrogen) atoms. The van der Waals surface area contributed by atoms with Crippen molar-refractivity contribution >= 4 is 17.5 Å². The Labute approximate surface area is 137 Å². The molecule has 1 aliphatic rings. The first-order chi connectivity index (χ1) is 10.9. The lowest BCUT2D eigenvalue weighted by Gasteiger charge is -2.27. The van der Waals surface area contributed by atoms with Crippen LogP contribution in [0.4, 0.5) is 5.69 Å². The molecule has 1 aromatic rings. The quantitative estimate of drug-likeness (QED) is 0.748. The molecule has 0 atom stereocenters. The summed E-state index contributed by atoms with van der Waals surface area (Å²) in [4.78, 5) is 24.2. The number of carbonyl (C=O) groups is 2. The van der Waals surface area contributed by atoms with Gasteiger partial charge in [0.25, 0.3) is 0 Å². The Morgan fingerprint density at radius 1 is 1.04 bits per heavy atom. The lowest BCUT2D eigenvalue weighted by molar-refractivity contribution is -0.136. The van der Waals surface area contributed by atoms with Gasteiger partial charge in [0.1, 0.15) is 0 Å². The fraction of sp³-hybridized carbons (Fsp3) is 0.556. The van der Waals surface area contributed by atoms with Gasteiger partial charge in [0.05, 0.1) is 0 Å². The van der Waals surface area contributed by atoms with Gasteiger partial charge in [0.15, 0.2) is 0 Å². The third-order valence-corrected chi connectivity index (χ3v) is 4.56. The van der Waals surface area contributed by atoms with Gasteiger partial charge in [-0.1, -0.05) is 17.7 Å². The van der Waals surface area contributed by atoms with Gasteiger partial charge >= 0.3 is 11.8 Å². The molecule has 0 bridgehead atoms. The summed E-state index contributed by atoms with van der Waals surface area (Å²) in [6.45, 7) is 6.04. The molecule has 1 saturated carbocycles. The molecule has 0 saturated heterocycles. The monoisotopic (exact) mass is 318 g/mol. The van der Waals surface area contributed by atoms with Crippen molar-refractivity contribution in [1.82, 2.24) is 5.32 Å². The molecule has 0 spiro atoms. The van der Waals surface area contributed by atoms with Crippen LogP contribution in [0.3, 0.4) is 0 Å². The number of rotatable bonds is 3.